The highest BCUT2D eigenvalue weighted by Crippen LogP contribution is 2.27. The number of thioether (sulfide) groups is 1. The van der Waals surface area contributed by atoms with E-state index in [1.165, 1.54) is 0 Å². The largest absolute Gasteiger partial charge is 0.444 e. The molecule has 0 aliphatic rings. The van der Waals surface area contributed by atoms with Gasteiger partial charge in [0, 0.05) is 10.6 Å². The number of alkyl carbamates (subject to hydrolysis) is 1. The van der Waals surface area contributed by atoms with Crippen molar-refractivity contribution in [1.82, 2.24) is 15.5 Å². The number of amides is 1. The molecule has 29 heavy (non-hydrogen) atoms. The van der Waals surface area contributed by atoms with Gasteiger partial charge in [-0.25, -0.2) is 4.79 Å². The van der Waals surface area contributed by atoms with Crippen LogP contribution < -0.4 is 5.32 Å². The van der Waals surface area contributed by atoms with Gasteiger partial charge in [-0.05, 0) is 51.0 Å². The Balaban J connectivity index is 2.02. The summed E-state index contributed by atoms with van der Waals surface area (Å²) in [4.78, 5) is 24.5. The van der Waals surface area contributed by atoms with Gasteiger partial charge >= 0.3 is 6.09 Å². The molecule has 0 saturated heterocycles. The summed E-state index contributed by atoms with van der Waals surface area (Å²) in [6.45, 7) is 9.37. The number of hydrogen-bond donors (Lipinski definition) is 1. The fourth-order valence-electron chi connectivity index (χ4n) is 2.37. The van der Waals surface area contributed by atoms with E-state index < -0.39 is 17.7 Å². The zero-order chi connectivity index (χ0) is 21.6. The lowest BCUT2D eigenvalue weighted by Gasteiger charge is -2.24. The molecular formula is C20H26ClN3O4S. The third-order valence-corrected chi connectivity index (χ3v) is 5.14. The maximum absolute atomic E-state index is 12.3. The minimum Gasteiger partial charge on any atom is -0.444 e. The molecule has 158 valence electrons. The van der Waals surface area contributed by atoms with E-state index in [0.29, 0.717) is 10.6 Å². The number of ether oxygens (including phenoxy) is 1. The summed E-state index contributed by atoms with van der Waals surface area (Å²) in [7, 11) is 0. The molecule has 1 amide bonds. The van der Waals surface area contributed by atoms with E-state index in [0.717, 1.165) is 18.2 Å². The van der Waals surface area contributed by atoms with Crippen molar-refractivity contribution in [3.05, 3.63) is 40.7 Å². The number of nitrogens with zero attached hydrogens (tertiary/aromatic N) is 2. The molecule has 7 nitrogen and oxygen atoms in total. The van der Waals surface area contributed by atoms with Crippen LogP contribution in [0.25, 0.3) is 0 Å². The van der Waals surface area contributed by atoms with Crippen molar-refractivity contribution in [3.8, 4) is 0 Å². The van der Waals surface area contributed by atoms with Crippen LogP contribution in [0.4, 0.5) is 4.79 Å². The van der Waals surface area contributed by atoms with E-state index in [-0.39, 0.29) is 28.6 Å². The molecule has 1 aromatic carbocycles. The SMILES string of the molecule is CC[C@H](C)[C@H](NC(=O)OC(C)(C)C)c1nnc(SCC(=O)c2ccc(Cl)cc2)o1. The molecule has 2 aromatic rings. The molecule has 1 aromatic heterocycles. The fraction of sp³-hybridized carbons (Fsp3) is 0.500. The smallest absolute Gasteiger partial charge is 0.408 e. The van der Waals surface area contributed by atoms with Crippen molar-refractivity contribution in [2.45, 2.75) is 57.9 Å². The monoisotopic (exact) mass is 439 g/mol. The van der Waals surface area contributed by atoms with Gasteiger partial charge in [0.15, 0.2) is 5.78 Å². The highest BCUT2D eigenvalue weighted by Gasteiger charge is 2.28. The number of carbonyl (C=O) groups excluding carboxylic acids is 2. The summed E-state index contributed by atoms with van der Waals surface area (Å²) < 4.78 is 11.0. The molecule has 9 heteroatoms. The van der Waals surface area contributed by atoms with Crippen LogP contribution in [0.5, 0.6) is 0 Å². The van der Waals surface area contributed by atoms with E-state index in [1.807, 2.05) is 13.8 Å². The first-order valence-corrected chi connectivity index (χ1v) is 10.7. The predicted molar refractivity (Wildman–Crippen MR) is 112 cm³/mol. The minimum atomic E-state index is -0.609. The summed E-state index contributed by atoms with van der Waals surface area (Å²) in [6, 6.07) is 6.21. The van der Waals surface area contributed by atoms with Gasteiger partial charge < -0.3 is 14.5 Å². The van der Waals surface area contributed by atoms with Crippen molar-refractivity contribution in [2.24, 2.45) is 5.92 Å². The molecule has 0 spiro atoms. The molecule has 0 bridgehead atoms. The lowest BCUT2D eigenvalue weighted by molar-refractivity contribution is 0.0473. The van der Waals surface area contributed by atoms with E-state index in [1.54, 1.807) is 45.0 Å². The average molecular weight is 440 g/mol. The van der Waals surface area contributed by atoms with Crippen molar-refractivity contribution < 1.29 is 18.7 Å². The summed E-state index contributed by atoms with van der Waals surface area (Å²) >= 11 is 6.99. The molecule has 2 rings (SSSR count). The summed E-state index contributed by atoms with van der Waals surface area (Å²) in [6.07, 6.45) is 0.244. The van der Waals surface area contributed by atoms with Crippen LogP contribution >= 0.6 is 23.4 Å². The molecule has 0 saturated carbocycles. The molecule has 0 radical (unpaired) electrons. The lowest BCUT2D eigenvalue weighted by Crippen LogP contribution is -2.37. The molecule has 1 heterocycles. The van der Waals surface area contributed by atoms with Crippen LogP contribution in [0.2, 0.25) is 5.02 Å². The van der Waals surface area contributed by atoms with Crippen molar-refractivity contribution >= 4 is 35.2 Å². The van der Waals surface area contributed by atoms with Crippen molar-refractivity contribution in [3.63, 3.8) is 0 Å². The second-order valence-corrected chi connectivity index (χ2v) is 9.00. The van der Waals surface area contributed by atoms with Gasteiger partial charge in [0.1, 0.15) is 11.6 Å². The minimum absolute atomic E-state index is 0.0523. The number of aromatic nitrogens is 2. The van der Waals surface area contributed by atoms with E-state index in [2.05, 4.69) is 15.5 Å². The molecule has 0 unspecified atom stereocenters. The standard InChI is InChI=1S/C20H26ClN3O4S/c1-6-12(2)16(22-18(26)28-20(3,4)5)17-23-24-19(27-17)29-11-15(25)13-7-9-14(21)10-8-13/h7-10,12,16H,6,11H2,1-5H3,(H,22,26)/t12-,16-/m0/s1. The quantitative estimate of drug-likeness (QED) is 0.439. The van der Waals surface area contributed by atoms with E-state index in [4.69, 9.17) is 20.8 Å². The number of ketones is 1. The Morgan fingerprint density at radius 3 is 2.48 bits per heavy atom. The van der Waals surface area contributed by atoms with Gasteiger partial charge in [-0.1, -0.05) is 43.6 Å². The van der Waals surface area contributed by atoms with E-state index in [9.17, 15) is 9.59 Å². The Morgan fingerprint density at radius 2 is 1.90 bits per heavy atom. The van der Waals surface area contributed by atoms with Crippen molar-refractivity contribution in [2.75, 3.05) is 5.75 Å². The second kappa shape index (κ2) is 10.1. The van der Waals surface area contributed by atoms with Crippen LogP contribution in [-0.4, -0.2) is 33.4 Å². The Bertz CT molecular complexity index is 833. The van der Waals surface area contributed by atoms with Crippen molar-refractivity contribution in [1.29, 1.82) is 0 Å². The average Bonchev–Trinajstić information content (AvgIpc) is 3.11. The molecular weight excluding hydrogens is 414 g/mol. The topological polar surface area (TPSA) is 94.3 Å². The third-order valence-electron chi connectivity index (χ3n) is 4.07. The maximum Gasteiger partial charge on any atom is 0.408 e. The second-order valence-electron chi connectivity index (χ2n) is 7.63. The number of Topliss-reactive ketones (excluding diaryl/α,β-unsaturated/α-hetero) is 1. The van der Waals surface area contributed by atoms with Gasteiger partial charge in [0.05, 0.1) is 5.75 Å². The summed E-state index contributed by atoms with van der Waals surface area (Å²) in [5, 5.41) is 11.7. The van der Waals surface area contributed by atoms with Gasteiger partial charge in [-0.2, -0.15) is 0 Å². The predicted octanol–water partition coefficient (Wildman–Crippen LogP) is 5.31. The maximum atomic E-state index is 12.3. The number of carbonyl (C=O) groups is 2. The normalized spacial score (nSPS) is 13.6. The number of nitrogens with one attached hydrogen (secondary N) is 1. The number of benzene rings is 1. The molecule has 0 fully saturated rings. The van der Waals surface area contributed by atoms with Crippen LogP contribution in [0.3, 0.4) is 0 Å². The third kappa shape index (κ3) is 7.36. The van der Waals surface area contributed by atoms with Gasteiger partial charge in [-0.3, -0.25) is 4.79 Å². The lowest BCUT2D eigenvalue weighted by atomic mass is 9.99. The van der Waals surface area contributed by atoms with Gasteiger partial charge in [-0.15, -0.1) is 10.2 Å². The van der Waals surface area contributed by atoms with Gasteiger partial charge in [0.25, 0.3) is 5.22 Å². The van der Waals surface area contributed by atoms with Crippen LogP contribution in [0, 0.1) is 5.92 Å². The molecule has 2 atom stereocenters. The number of hydrogen-bond acceptors (Lipinski definition) is 7. The molecule has 0 aliphatic carbocycles. The van der Waals surface area contributed by atoms with Gasteiger partial charge in [0.2, 0.25) is 5.89 Å². The molecule has 1 N–H and O–H groups in total. The van der Waals surface area contributed by atoms with Crippen LogP contribution in [-0.2, 0) is 4.74 Å². The molecule has 0 aliphatic heterocycles. The number of rotatable bonds is 8. The highest BCUT2D eigenvalue weighted by atomic mass is 35.5. The first-order valence-electron chi connectivity index (χ1n) is 9.33. The van der Waals surface area contributed by atoms with Crippen LogP contribution in [0.1, 0.15) is 63.3 Å². The number of halogens is 1. The Kier molecular flexibility index (Phi) is 8.10. The summed E-state index contributed by atoms with van der Waals surface area (Å²) in [5.74, 6) is 0.413. The Labute approximate surface area is 179 Å². The zero-order valence-electron chi connectivity index (χ0n) is 17.2. The summed E-state index contributed by atoms with van der Waals surface area (Å²) in [5.41, 5.74) is -0.0483. The Morgan fingerprint density at radius 1 is 1.24 bits per heavy atom. The fourth-order valence-corrected chi connectivity index (χ4v) is 3.16. The zero-order valence-corrected chi connectivity index (χ0v) is 18.8. The van der Waals surface area contributed by atoms with E-state index >= 15 is 0 Å². The first-order chi connectivity index (χ1) is 13.6. The van der Waals surface area contributed by atoms with Crippen LogP contribution in [0.15, 0.2) is 33.9 Å². The first kappa shape index (κ1) is 23.2. The highest BCUT2D eigenvalue weighted by molar-refractivity contribution is 7.99. The Hall–Kier alpha value is -2.06.